The minimum absolute atomic E-state index is 0.146. The average molecular weight is 369 g/mol. The van der Waals surface area contributed by atoms with Crippen molar-refractivity contribution in [1.29, 1.82) is 0 Å². The maximum absolute atomic E-state index is 12.6. The van der Waals surface area contributed by atoms with Crippen LogP contribution in [-0.4, -0.2) is 36.9 Å². The number of piperidine rings is 1. The van der Waals surface area contributed by atoms with Crippen molar-refractivity contribution >= 4 is 33.1 Å². The van der Waals surface area contributed by atoms with Gasteiger partial charge >= 0.3 is 0 Å². The Morgan fingerprint density at radius 3 is 2.58 bits per heavy atom. The van der Waals surface area contributed by atoms with Crippen LogP contribution in [0, 0.1) is 19.8 Å². The van der Waals surface area contributed by atoms with Crippen LogP contribution in [0.3, 0.4) is 0 Å². The second-order valence-electron chi connectivity index (χ2n) is 5.86. The largest absolute Gasteiger partial charge is 0.360 e. The second kappa shape index (κ2) is 6.66. The molecule has 1 amide bonds. The van der Waals surface area contributed by atoms with Crippen molar-refractivity contribution in [3.8, 4) is 0 Å². The minimum Gasteiger partial charge on any atom is -0.360 e. The molecule has 0 aromatic carbocycles. The molecule has 3 heterocycles. The molecule has 1 aliphatic rings. The lowest BCUT2D eigenvalue weighted by Crippen LogP contribution is -2.41. The van der Waals surface area contributed by atoms with E-state index in [0.717, 1.165) is 4.88 Å². The van der Waals surface area contributed by atoms with Crippen molar-refractivity contribution in [2.75, 3.05) is 18.4 Å². The molecule has 1 saturated heterocycles. The molecule has 2 aromatic heterocycles. The summed E-state index contributed by atoms with van der Waals surface area (Å²) in [6, 6.07) is 5.09. The molecule has 0 bridgehead atoms. The van der Waals surface area contributed by atoms with Crippen molar-refractivity contribution in [3.63, 3.8) is 0 Å². The number of amides is 1. The summed E-state index contributed by atoms with van der Waals surface area (Å²) in [5.41, 5.74) is 0. The van der Waals surface area contributed by atoms with Crippen molar-refractivity contribution in [1.82, 2.24) is 9.46 Å². The summed E-state index contributed by atoms with van der Waals surface area (Å²) in [7, 11) is -3.45. The van der Waals surface area contributed by atoms with Crippen molar-refractivity contribution in [2.45, 2.75) is 30.9 Å². The van der Waals surface area contributed by atoms with Crippen LogP contribution < -0.4 is 5.32 Å². The highest BCUT2D eigenvalue weighted by atomic mass is 32.2. The fourth-order valence-corrected chi connectivity index (χ4v) is 5.60. The number of anilines is 1. The van der Waals surface area contributed by atoms with Crippen molar-refractivity contribution in [3.05, 3.63) is 28.8 Å². The Hall–Kier alpha value is -1.71. The predicted molar refractivity (Wildman–Crippen MR) is 90.4 cm³/mol. The highest BCUT2D eigenvalue weighted by molar-refractivity contribution is 7.91. The van der Waals surface area contributed by atoms with E-state index >= 15 is 0 Å². The SMILES string of the molecule is Cc1cc(NC(=O)C2CCN(S(=O)(=O)c3ccc(C)s3)CC2)no1. The van der Waals surface area contributed by atoms with Crippen LogP contribution in [0.1, 0.15) is 23.5 Å². The number of nitrogens with one attached hydrogen (secondary N) is 1. The molecular formula is C15H19N3O4S2. The molecule has 0 saturated carbocycles. The normalized spacial score (nSPS) is 17.1. The highest BCUT2D eigenvalue weighted by Gasteiger charge is 2.33. The van der Waals surface area contributed by atoms with E-state index in [1.54, 1.807) is 25.1 Å². The highest BCUT2D eigenvalue weighted by Crippen LogP contribution is 2.28. The van der Waals surface area contributed by atoms with Crippen molar-refractivity contribution in [2.24, 2.45) is 5.92 Å². The number of hydrogen-bond acceptors (Lipinski definition) is 6. The van der Waals surface area contributed by atoms with Gasteiger partial charge in [-0.2, -0.15) is 4.31 Å². The van der Waals surface area contributed by atoms with Gasteiger partial charge in [0, 0.05) is 30.0 Å². The number of aryl methyl sites for hydroxylation is 2. The zero-order valence-electron chi connectivity index (χ0n) is 13.5. The van der Waals surface area contributed by atoms with Crippen LogP contribution in [0.4, 0.5) is 5.82 Å². The third kappa shape index (κ3) is 3.52. The first kappa shape index (κ1) is 17.1. The van der Waals surface area contributed by atoms with Gasteiger partial charge in [-0.05, 0) is 38.8 Å². The van der Waals surface area contributed by atoms with E-state index in [-0.39, 0.29) is 11.8 Å². The summed E-state index contributed by atoms with van der Waals surface area (Å²) in [4.78, 5) is 13.2. The van der Waals surface area contributed by atoms with Crippen LogP contribution in [0.2, 0.25) is 0 Å². The number of aromatic nitrogens is 1. The van der Waals surface area contributed by atoms with Crippen LogP contribution in [0.15, 0.2) is 26.9 Å². The summed E-state index contributed by atoms with van der Waals surface area (Å²) >= 11 is 1.27. The lowest BCUT2D eigenvalue weighted by atomic mass is 9.97. The zero-order valence-corrected chi connectivity index (χ0v) is 15.1. The van der Waals surface area contributed by atoms with Gasteiger partial charge in [0.1, 0.15) is 9.97 Å². The maximum atomic E-state index is 12.6. The van der Waals surface area contributed by atoms with Gasteiger partial charge in [-0.15, -0.1) is 11.3 Å². The summed E-state index contributed by atoms with van der Waals surface area (Å²) in [5.74, 6) is 0.643. The number of nitrogens with zero attached hydrogens (tertiary/aromatic N) is 2. The number of carbonyl (C=O) groups is 1. The molecule has 0 atom stereocenters. The maximum Gasteiger partial charge on any atom is 0.252 e. The molecule has 3 rings (SSSR count). The molecule has 1 fully saturated rings. The summed E-state index contributed by atoms with van der Waals surface area (Å²) in [6.45, 7) is 4.31. The average Bonchev–Trinajstić information content (AvgIpc) is 3.16. The number of carbonyl (C=O) groups excluding carboxylic acids is 1. The Morgan fingerprint density at radius 2 is 2.04 bits per heavy atom. The zero-order chi connectivity index (χ0) is 17.3. The number of hydrogen-bond donors (Lipinski definition) is 1. The topological polar surface area (TPSA) is 92.5 Å². The van der Waals surface area contributed by atoms with Gasteiger partial charge in [0.2, 0.25) is 5.91 Å². The minimum atomic E-state index is -3.45. The van der Waals surface area contributed by atoms with E-state index in [1.807, 2.05) is 6.92 Å². The van der Waals surface area contributed by atoms with Gasteiger partial charge in [-0.1, -0.05) is 5.16 Å². The monoisotopic (exact) mass is 369 g/mol. The fraction of sp³-hybridized carbons (Fsp3) is 0.467. The first-order valence-corrected chi connectivity index (χ1v) is 9.92. The third-order valence-corrected chi connectivity index (χ3v) is 7.38. The number of thiophene rings is 1. The van der Waals surface area contributed by atoms with E-state index in [9.17, 15) is 13.2 Å². The Labute approximate surface area is 144 Å². The summed E-state index contributed by atoms with van der Waals surface area (Å²) in [6.07, 6.45) is 0.985. The molecule has 9 heteroatoms. The fourth-order valence-electron chi connectivity index (χ4n) is 2.69. The van der Waals surface area contributed by atoms with E-state index < -0.39 is 10.0 Å². The molecule has 24 heavy (non-hydrogen) atoms. The Kier molecular flexibility index (Phi) is 4.75. The van der Waals surface area contributed by atoms with E-state index in [2.05, 4.69) is 10.5 Å². The first-order chi connectivity index (χ1) is 11.4. The molecule has 2 aromatic rings. The number of sulfonamides is 1. The summed E-state index contributed by atoms with van der Waals surface area (Å²) in [5, 5.41) is 6.45. The molecule has 0 aliphatic carbocycles. The van der Waals surface area contributed by atoms with Crippen LogP contribution in [-0.2, 0) is 14.8 Å². The molecule has 0 unspecified atom stereocenters. The molecular weight excluding hydrogens is 350 g/mol. The smallest absolute Gasteiger partial charge is 0.252 e. The second-order valence-corrected chi connectivity index (χ2v) is 9.31. The third-order valence-electron chi connectivity index (χ3n) is 4.01. The Bertz CT molecular complexity index is 833. The van der Waals surface area contributed by atoms with Gasteiger partial charge in [0.15, 0.2) is 5.82 Å². The predicted octanol–water partition coefficient (Wildman–Crippen LogP) is 2.39. The van der Waals surface area contributed by atoms with E-state index in [0.29, 0.717) is 41.7 Å². The molecule has 0 spiro atoms. The standard InChI is InChI=1S/C15H19N3O4S2/c1-10-9-13(17-22-10)16-15(19)12-5-7-18(8-6-12)24(20,21)14-4-3-11(2)23-14/h3-4,9,12H,5-8H2,1-2H3,(H,16,17,19). The van der Waals surface area contributed by atoms with Crippen molar-refractivity contribution < 1.29 is 17.7 Å². The number of rotatable bonds is 4. The molecule has 1 aliphatic heterocycles. The van der Waals surface area contributed by atoms with Gasteiger partial charge in [0.25, 0.3) is 10.0 Å². The summed E-state index contributed by atoms with van der Waals surface area (Å²) < 4.78 is 31.9. The van der Waals surface area contributed by atoms with E-state index in [4.69, 9.17) is 4.52 Å². The van der Waals surface area contributed by atoms with Crippen LogP contribution in [0.25, 0.3) is 0 Å². The lowest BCUT2D eigenvalue weighted by molar-refractivity contribution is -0.120. The van der Waals surface area contributed by atoms with Gasteiger partial charge < -0.3 is 9.84 Å². The Morgan fingerprint density at radius 1 is 1.33 bits per heavy atom. The van der Waals surface area contributed by atoms with Gasteiger partial charge in [-0.3, -0.25) is 4.79 Å². The lowest BCUT2D eigenvalue weighted by Gasteiger charge is -2.29. The van der Waals surface area contributed by atoms with E-state index in [1.165, 1.54) is 15.6 Å². The quantitative estimate of drug-likeness (QED) is 0.893. The molecule has 7 nitrogen and oxygen atoms in total. The van der Waals surface area contributed by atoms with Crippen LogP contribution in [0.5, 0.6) is 0 Å². The molecule has 1 N–H and O–H groups in total. The molecule has 0 radical (unpaired) electrons. The molecule has 130 valence electrons. The van der Waals surface area contributed by atoms with Crippen LogP contribution >= 0.6 is 11.3 Å². The Balaban J connectivity index is 1.60. The van der Waals surface area contributed by atoms with Gasteiger partial charge in [0.05, 0.1) is 0 Å². The van der Waals surface area contributed by atoms with Gasteiger partial charge in [-0.25, -0.2) is 8.42 Å². The first-order valence-electron chi connectivity index (χ1n) is 7.67.